The zero-order valence-electron chi connectivity index (χ0n) is 43.6. The number of carbonyl (C=O) groups excluding carboxylic acids is 2. The monoisotopic (exact) mass is 1010 g/mol. The molecule has 1 saturated heterocycles. The summed E-state index contributed by atoms with van der Waals surface area (Å²) in [6.45, 7) is 3.65. The molecule has 0 aromatic heterocycles. The number of hydrogen-bond donors (Lipinski definition) is 4. The molecule has 1 aliphatic rings. The quantitative estimate of drug-likeness (QED) is 0.0196. The third-order valence-electron chi connectivity index (χ3n) is 12.3. The predicted octanol–water partition coefficient (Wildman–Crippen LogP) is 13.0. The lowest BCUT2D eigenvalue weighted by molar-refractivity contribution is -0.297. The Morgan fingerprint density at radius 1 is 0.500 bits per heavy atom. The molecule has 6 unspecified atom stereocenters. The number of ether oxygens (including phenoxy) is 4. The van der Waals surface area contributed by atoms with Crippen LogP contribution in [0.15, 0.2) is 72.9 Å². The van der Waals surface area contributed by atoms with Gasteiger partial charge < -0.3 is 34.3 Å². The topological polar surface area (TPSA) is 186 Å². The highest BCUT2D eigenvalue weighted by Gasteiger charge is 2.46. The van der Waals surface area contributed by atoms with Crippen molar-refractivity contribution in [2.75, 3.05) is 19.0 Å². The highest BCUT2D eigenvalue weighted by Crippen LogP contribution is 2.24. The van der Waals surface area contributed by atoms with Gasteiger partial charge in [-0.1, -0.05) is 196 Å². The van der Waals surface area contributed by atoms with E-state index in [1.165, 1.54) is 109 Å². The zero-order chi connectivity index (χ0) is 51.2. The molecule has 0 bridgehead atoms. The maximum Gasteiger partial charge on any atom is 0.306 e. The van der Waals surface area contributed by atoms with E-state index in [-0.39, 0.29) is 19.4 Å². The van der Waals surface area contributed by atoms with Gasteiger partial charge in [0.2, 0.25) is 0 Å². The second-order valence-electron chi connectivity index (χ2n) is 18.9. The number of aliphatic hydroxyl groups is 3. The Kier molecular flexibility index (Phi) is 42.7. The molecule has 0 aliphatic carbocycles. The van der Waals surface area contributed by atoms with E-state index < -0.39 is 71.2 Å². The molecule has 0 aromatic carbocycles. The van der Waals surface area contributed by atoms with E-state index in [0.29, 0.717) is 12.8 Å². The van der Waals surface area contributed by atoms with Crippen molar-refractivity contribution in [2.24, 2.45) is 0 Å². The fraction of sp³-hybridized carbons (Fsp3) is 0.754. The van der Waals surface area contributed by atoms with Gasteiger partial charge in [-0.15, -0.1) is 0 Å². The standard InChI is InChI=1S/C57H98O12S/c1-3-5-7-9-11-13-15-17-19-21-23-24-25-26-28-29-31-33-35-37-39-41-43-45-52(58)66-47-50(48-67-57-56(62)55(61)54(60)51(69-57)49-70(63,64)65)68-53(59)46-44-42-40-38-36-34-32-30-27-22-20-18-16-14-12-10-8-6-4-2/h6,8,12,14,18,20-21,23,27,30,34,36,50-51,54-57,60-62H,3-5,7,9-11,13,15-17,19,22,24-26,28-29,31-33,35,37-49H2,1-2H3,(H,63,64,65)/b8-6-,14-12-,20-18-,23-21-,30-27-,36-34-. The lowest BCUT2D eigenvalue weighted by atomic mass is 10.00. The Morgan fingerprint density at radius 3 is 1.37 bits per heavy atom. The lowest BCUT2D eigenvalue weighted by Crippen LogP contribution is -2.60. The molecule has 12 nitrogen and oxygen atoms in total. The minimum absolute atomic E-state index is 0.122. The number of allylic oxidation sites excluding steroid dienone is 12. The molecule has 0 radical (unpaired) electrons. The Balaban J connectivity index is 2.36. The zero-order valence-corrected chi connectivity index (χ0v) is 44.4. The van der Waals surface area contributed by atoms with Gasteiger partial charge in [0.1, 0.15) is 36.8 Å². The average molecular weight is 1010 g/mol. The Bertz CT molecular complexity index is 1550. The molecule has 4 N–H and O–H groups in total. The van der Waals surface area contributed by atoms with Gasteiger partial charge in [-0.25, -0.2) is 0 Å². The second-order valence-corrected chi connectivity index (χ2v) is 20.4. The fourth-order valence-corrected chi connectivity index (χ4v) is 8.74. The van der Waals surface area contributed by atoms with Crippen molar-refractivity contribution in [3.8, 4) is 0 Å². The molecular formula is C57H98O12S. The first-order valence-electron chi connectivity index (χ1n) is 27.5. The van der Waals surface area contributed by atoms with Crippen LogP contribution in [0.25, 0.3) is 0 Å². The summed E-state index contributed by atoms with van der Waals surface area (Å²) >= 11 is 0. The summed E-state index contributed by atoms with van der Waals surface area (Å²) in [4.78, 5) is 25.6. The van der Waals surface area contributed by atoms with Gasteiger partial charge in [0, 0.05) is 12.8 Å². The first-order chi connectivity index (χ1) is 34.0. The Labute approximate surface area is 425 Å². The fourth-order valence-electron chi connectivity index (χ4n) is 8.05. The molecule has 0 saturated carbocycles. The number of rotatable bonds is 46. The highest BCUT2D eigenvalue weighted by atomic mass is 32.2. The van der Waals surface area contributed by atoms with Gasteiger partial charge in [-0.3, -0.25) is 14.1 Å². The highest BCUT2D eigenvalue weighted by molar-refractivity contribution is 7.85. The second kappa shape index (κ2) is 45.9. The third-order valence-corrected chi connectivity index (χ3v) is 13.0. The van der Waals surface area contributed by atoms with Crippen molar-refractivity contribution in [1.29, 1.82) is 0 Å². The van der Waals surface area contributed by atoms with Crippen LogP contribution < -0.4 is 0 Å². The van der Waals surface area contributed by atoms with Crippen LogP contribution in [0.5, 0.6) is 0 Å². The molecule has 1 aliphatic heterocycles. The van der Waals surface area contributed by atoms with E-state index in [0.717, 1.165) is 70.6 Å². The molecule has 1 rings (SSSR count). The first-order valence-corrected chi connectivity index (χ1v) is 29.1. The van der Waals surface area contributed by atoms with Crippen molar-refractivity contribution >= 4 is 22.1 Å². The molecule has 0 aromatic rings. The first kappa shape index (κ1) is 65.1. The van der Waals surface area contributed by atoms with Gasteiger partial charge in [0.25, 0.3) is 10.1 Å². The minimum Gasteiger partial charge on any atom is -0.462 e. The van der Waals surface area contributed by atoms with E-state index >= 15 is 0 Å². The predicted molar refractivity (Wildman–Crippen MR) is 284 cm³/mol. The molecule has 70 heavy (non-hydrogen) atoms. The maximum atomic E-state index is 12.9. The third kappa shape index (κ3) is 39.7. The van der Waals surface area contributed by atoms with Crippen LogP contribution in [0.2, 0.25) is 0 Å². The summed E-state index contributed by atoms with van der Waals surface area (Å²) in [5, 5.41) is 31.0. The summed E-state index contributed by atoms with van der Waals surface area (Å²) in [5.74, 6) is -2.03. The minimum atomic E-state index is -4.62. The van der Waals surface area contributed by atoms with Crippen LogP contribution in [0.3, 0.4) is 0 Å². The lowest BCUT2D eigenvalue weighted by Gasteiger charge is -2.40. The maximum absolute atomic E-state index is 12.9. The summed E-state index contributed by atoms with van der Waals surface area (Å²) in [5.41, 5.74) is 0. The van der Waals surface area contributed by atoms with Crippen molar-refractivity contribution < 1.29 is 56.8 Å². The number of carbonyl (C=O) groups is 2. The number of unbranched alkanes of at least 4 members (excludes halogenated alkanes) is 22. The number of aliphatic hydroxyl groups excluding tert-OH is 3. The van der Waals surface area contributed by atoms with Crippen molar-refractivity contribution in [2.45, 2.75) is 256 Å². The van der Waals surface area contributed by atoms with E-state index in [1.807, 2.05) is 0 Å². The molecular weight excluding hydrogens is 909 g/mol. The van der Waals surface area contributed by atoms with Gasteiger partial charge in [-0.05, 0) is 83.5 Å². The SMILES string of the molecule is CC/C=C\C/C=C\C/C=C\C/C=C\C/C=C\CCCCCC(=O)OC(COC(=O)CCCCCCCCCCCCC/C=C\CCCCCCCCCC)COC1OC(CS(=O)(=O)O)C(O)C(O)C1O. The largest absolute Gasteiger partial charge is 0.462 e. The molecule has 1 heterocycles. The summed E-state index contributed by atoms with van der Waals surface area (Å²) in [7, 11) is -4.62. The van der Waals surface area contributed by atoms with Crippen molar-refractivity contribution in [3.05, 3.63) is 72.9 Å². The van der Waals surface area contributed by atoms with Gasteiger partial charge in [0.15, 0.2) is 12.4 Å². The summed E-state index contributed by atoms with van der Waals surface area (Å²) in [6, 6.07) is 0. The smallest absolute Gasteiger partial charge is 0.306 e. The normalized spacial score (nSPS) is 19.5. The molecule has 13 heteroatoms. The summed E-state index contributed by atoms with van der Waals surface area (Å²) < 4.78 is 54.3. The Hall–Kier alpha value is -2.91. The van der Waals surface area contributed by atoms with E-state index in [1.54, 1.807) is 0 Å². The average Bonchev–Trinajstić information content (AvgIpc) is 3.33. The van der Waals surface area contributed by atoms with Crippen LogP contribution in [0.4, 0.5) is 0 Å². The number of hydrogen-bond acceptors (Lipinski definition) is 11. The molecule has 6 atom stereocenters. The molecule has 1 fully saturated rings. The van der Waals surface area contributed by atoms with E-state index in [4.69, 9.17) is 18.9 Å². The van der Waals surface area contributed by atoms with E-state index in [9.17, 15) is 37.9 Å². The molecule has 0 spiro atoms. The van der Waals surface area contributed by atoms with Crippen LogP contribution in [0.1, 0.15) is 219 Å². The van der Waals surface area contributed by atoms with Gasteiger partial charge in [-0.2, -0.15) is 8.42 Å². The van der Waals surface area contributed by atoms with Crippen molar-refractivity contribution in [1.82, 2.24) is 0 Å². The van der Waals surface area contributed by atoms with Gasteiger partial charge in [0.05, 0.1) is 6.61 Å². The Morgan fingerprint density at radius 2 is 0.900 bits per heavy atom. The van der Waals surface area contributed by atoms with E-state index in [2.05, 4.69) is 86.8 Å². The number of esters is 2. The molecule has 404 valence electrons. The van der Waals surface area contributed by atoms with Crippen molar-refractivity contribution in [3.63, 3.8) is 0 Å². The van der Waals surface area contributed by atoms with Crippen LogP contribution >= 0.6 is 0 Å². The molecule has 0 amide bonds. The van der Waals surface area contributed by atoms with Crippen LogP contribution in [-0.2, 0) is 38.7 Å². The van der Waals surface area contributed by atoms with Crippen LogP contribution in [0, 0.1) is 0 Å². The summed E-state index contributed by atoms with van der Waals surface area (Å²) in [6.07, 6.45) is 50.9. The van der Waals surface area contributed by atoms with Crippen LogP contribution in [-0.4, -0.2) is 96.0 Å². The van der Waals surface area contributed by atoms with Gasteiger partial charge >= 0.3 is 11.9 Å².